The van der Waals surface area contributed by atoms with Crippen LogP contribution in [0.25, 0.3) is 0 Å². The molecule has 0 saturated heterocycles. The summed E-state index contributed by atoms with van der Waals surface area (Å²) in [5.41, 5.74) is 6.47. The van der Waals surface area contributed by atoms with Crippen molar-refractivity contribution in [3.63, 3.8) is 0 Å². The summed E-state index contributed by atoms with van der Waals surface area (Å²) < 4.78 is 12.7. The van der Waals surface area contributed by atoms with Crippen molar-refractivity contribution in [3.8, 4) is 0 Å². The molecular weight excluding hydrogens is 249 g/mol. The smallest absolute Gasteiger partial charge is 0.296 e. The average molecular weight is 259 g/mol. The van der Waals surface area contributed by atoms with E-state index in [9.17, 15) is 14.5 Å². The highest BCUT2D eigenvalue weighted by atomic mass is 19.1. The van der Waals surface area contributed by atoms with Crippen molar-refractivity contribution in [2.45, 2.75) is 0 Å². The van der Waals surface area contributed by atoms with Crippen molar-refractivity contribution in [1.82, 2.24) is 0 Å². The van der Waals surface area contributed by atoms with E-state index in [-0.39, 0.29) is 17.2 Å². The fourth-order valence-corrected chi connectivity index (χ4v) is 1.49. The molecule has 0 bridgehead atoms. The molecule has 0 fully saturated rings. The molecular formula is C13H10FN3O2. The Labute approximate surface area is 108 Å². The van der Waals surface area contributed by atoms with Crippen LogP contribution in [0.1, 0.15) is 5.56 Å². The molecule has 2 N–H and O–H groups in total. The van der Waals surface area contributed by atoms with Crippen LogP contribution >= 0.6 is 0 Å². The minimum atomic E-state index is -0.548. The molecule has 0 unspecified atom stereocenters. The Hall–Kier alpha value is -2.76. The second-order valence-electron chi connectivity index (χ2n) is 3.82. The van der Waals surface area contributed by atoms with Gasteiger partial charge in [-0.25, -0.2) is 9.38 Å². The molecule has 2 aromatic carbocycles. The number of nitro groups is 1. The number of nitro benzene ring substituents is 1. The molecule has 0 radical (unpaired) electrons. The van der Waals surface area contributed by atoms with Crippen LogP contribution in [0.15, 0.2) is 47.5 Å². The molecule has 0 aliphatic carbocycles. The third-order valence-electron chi connectivity index (χ3n) is 2.42. The molecule has 96 valence electrons. The number of aliphatic imine (C=N–C) groups is 1. The van der Waals surface area contributed by atoms with Crippen molar-refractivity contribution in [2.75, 3.05) is 5.73 Å². The zero-order chi connectivity index (χ0) is 13.8. The highest BCUT2D eigenvalue weighted by Crippen LogP contribution is 2.29. The number of nitrogen functional groups attached to an aromatic ring is 1. The summed E-state index contributed by atoms with van der Waals surface area (Å²) in [6.45, 7) is 0. The summed E-state index contributed by atoms with van der Waals surface area (Å²) >= 11 is 0. The van der Waals surface area contributed by atoms with Gasteiger partial charge < -0.3 is 5.73 Å². The zero-order valence-electron chi connectivity index (χ0n) is 9.79. The summed E-state index contributed by atoms with van der Waals surface area (Å²) in [6.07, 6.45) is 1.43. The van der Waals surface area contributed by atoms with Crippen LogP contribution in [0.4, 0.5) is 21.5 Å². The summed E-state index contributed by atoms with van der Waals surface area (Å²) in [7, 11) is 0. The van der Waals surface area contributed by atoms with Gasteiger partial charge in [0.2, 0.25) is 0 Å². The minimum Gasteiger partial charge on any atom is -0.399 e. The predicted octanol–water partition coefficient (Wildman–Crippen LogP) is 3.07. The first-order valence-electron chi connectivity index (χ1n) is 5.40. The molecule has 6 heteroatoms. The third-order valence-corrected chi connectivity index (χ3v) is 2.42. The number of nitrogens with two attached hydrogens (primary N) is 1. The summed E-state index contributed by atoms with van der Waals surface area (Å²) in [4.78, 5) is 14.3. The fourth-order valence-electron chi connectivity index (χ4n) is 1.49. The molecule has 0 amide bonds. The fraction of sp³-hybridized carbons (Fsp3) is 0. The topological polar surface area (TPSA) is 81.5 Å². The number of anilines is 1. The molecule has 0 atom stereocenters. The number of halogens is 1. The van der Waals surface area contributed by atoms with E-state index in [1.165, 1.54) is 48.7 Å². The highest BCUT2D eigenvalue weighted by Gasteiger charge is 2.12. The van der Waals surface area contributed by atoms with Gasteiger partial charge in [-0.3, -0.25) is 10.1 Å². The maximum Gasteiger partial charge on any atom is 0.296 e. The maximum absolute atomic E-state index is 12.7. The normalized spacial score (nSPS) is 10.8. The molecule has 0 aliphatic rings. The number of nitrogens with zero attached hydrogens (tertiary/aromatic N) is 2. The SMILES string of the molecule is Nc1ccc(N=Cc2ccc(F)cc2)c([N+](=O)[O-])c1. The van der Waals surface area contributed by atoms with Crippen LogP contribution in [0.5, 0.6) is 0 Å². The van der Waals surface area contributed by atoms with Crippen LogP contribution in [0, 0.1) is 15.9 Å². The van der Waals surface area contributed by atoms with Crippen molar-refractivity contribution in [3.05, 3.63) is 64.0 Å². The van der Waals surface area contributed by atoms with E-state index in [0.29, 0.717) is 11.3 Å². The molecule has 0 aromatic heterocycles. The standard InChI is InChI=1S/C13H10FN3O2/c14-10-3-1-9(2-4-10)8-16-12-6-5-11(15)7-13(12)17(18)19/h1-8H,15H2. The van der Waals surface area contributed by atoms with E-state index in [1.807, 2.05) is 0 Å². The second kappa shape index (κ2) is 5.26. The first-order valence-corrected chi connectivity index (χ1v) is 5.40. The van der Waals surface area contributed by atoms with Crippen molar-refractivity contribution in [2.24, 2.45) is 4.99 Å². The van der Waals surface area contributed by atoms with E-state index in [0.717, 1.165) is 0 Å². The molecule has 0 aliphatic heterocycles. The lowest BCUT2D eigenvalue weighted by atomic mass is 10.2. The van der Waals surface area contributed by atoms with E-state index in [4.69, 9.17) is 5.73 Å². The molecule has 5 nitrogen and oxygen atoms in total. The monoisotopic (exact) mass is 259 g/mol. The molecule has 0 heterocycles. The maximum atomic E-state index is 12.7. The average Bonchev–Trinajstić information content (AvgIpc) is 2.39. The van der Waals surface area contributed by atoms with Crippen molar-refractivity contribution in [1.29, 1.82) is 0 Å². The second-order valence-corrected chi connectivity index (χ2v) is 3.82. The Balaban J connectivity index is 2.32. The van der Waals surface area contributed by atoms with E-state index in [2.05, 4.69) is 4.99 Å². The van der Waals surface area contributed by atoms with Gasteiger partial charge in [-0.2, -0.15) is 0 Å². The lowest BCUT2D eigenvalue weighted by molar-refractivity contribution is -0.384. The van der Waals surface area contributed by atoms with E-state index < -0.39 is 4.92 Å². The van der Waals surface area contributed by atoms with Gasteiger partial charge in [0.1, 0.15) is 11.5 Å². The minimum absolute atomic E-state index is 0.168. The summed E-state index contributed by atoms with van der Waals surface area (Å²) in [6, 6.07) is 9.89. The lowest BCUT2D eigenvalue weighted by Gasteiger charge is -1.99. The highest BCUT2D eigenvalue weighted by molar-refractivity contribution is 5.83. The number of hydrogen-bond donors (Lipinski definition) is 1. The van der Waals surface area contributed by atoms with Gasteiger partial charge in [-0.05, 0) is 29.8 Å². The lowest BCUT2D eigenvalue weighted by Crippen LogP contribution is -1.92. The van der Waals surface area contributed by atoms with E-state index >= 15 is 0 Å². The molecule has 0 spiro atoms. The largest absolute Gasteiger partial charge is 0.399 e. The Morgan fingerprint density at radius 2 is 1.89 bits per heavy atom. The Morgan fingerprint density at radius 1 is 1.21 bits per heavy atom. The predicted molar refractivity (Wildman–Crippen MR) is 71.2 cm³/mol. The van der Waals surface area contributed by atoms with Gasteiger partial charge in [0.05, 0.1) is 4.92 Å². The number of rotatable bonds is 3. The van der Waals surface area contributed by atoms with Crippen molar-refractivity contribution >= 4 is 23.3 Å². The zero-order valence-corrected chi connectivity index (χ0v) is 9.79. The van der Waals surface area contributed by atoms with Gasteiger partial charge in [0.25, 0.3) is 5.69 Å². The molecule has 2 rings (SSSR count). The van der Waals surface area contributed by atoms with Crippen LogP contribution in [0.3, 0.4) is 0 Å². The van der Waals surface area contributed by atoms with Gasteiger partial charge in [0.15, 0.2) is 0 Å². The molecule has 2 aromatic rings. The number of hydrogen-bond acceptors (Lipinski definition) is 4. The number of benzene rings is 2. The van der Waals surface area contributed by atoms with E-state index in [1.54, 1.807) is 0 Å². The Bertz CT molecular complexity index is 639. The van der Waals surface area contributed by atoms with Gasteiger partial charge in [-0.15, -0.1) is 0 Å². The quantitative estimate of drug-likeness (QED) is 0.398. The third kappa shape index (κ3) is 3.12. The van der Waals surface area contributed by atoms with Crippen LogP contribution in [-0.4, -0.2) is 11.1 Å². The Morgan fingerprint density at radius 3 is 2.53 bits per heavy atom. The van der Waals surface area contributed by atoms with Gasteiger partial charge >= 0.3 is 0 Å². The first-order chi connectivity index (χ1) is 9.06. The van der Waals surface area contributed by atoms with Gasteiger partial charge in [-0.1, -0.05) is 12.1 Å². The Kier molecular flexibility index (Phi) is 3.51. The molecule has 19 heavy (non-hydrogen) atoms. The first kappa shape index (κ1) is 12.7. The van der Waals surface area contributed by atoms with Crippen LogP contribution < -0.4 is 5.73 Å². The van der Waals surface area contributed by atoms with Crippen LogP contribution in [-0.2, 0) is 0 Å². The molecule has 0 saturated carbocycles. The van der Waals surface area contributed by atoms with Crippen molar-refractivity contribution < 1.29 is 9.31 Å². The van der Waals surface area contributed by atoms with Crippen LogP contribution in [0.2, 0.25) is 0 Å². The summed E-state index contributed by atoms with van der Waals surface area (Å²) in [5, 5.41) is 10.9. The van der Waals surface area contributed by atoms with Gasteiger partial charge in [0, 0.05) is 18.0 Å². The summed E-state index contributed by atoms with van der Waals surface area (Å²) in [5.74, 6) is -0.351.